The van der Waals surface area contributed by atoms with E-state index >= 15 is 0 Å². The summed E-state index contributed by atoms with van der Waals surface area (Å²) < 4.78 is 22.6. The number of nitrogens with two attached hydrogens (primary N) is 2. The number of para-hydroxylation sites is 2. The highest BCUT2D eigenvalue weighted by molar-refractivity contribution is 7.89. The maximum absolute atomic E-state index is 11.3. The number of anilines is 4. The molecule has 0 fully saturated rings. The van der Waals surface area contributed by atoms with Crippen LogP contribution in [-0.4, -0.2) is 22.5 Å². The Labute approximate surface area is 124 Å². The topological polar surface area (TPSA) is 101 Å². The van der Waals surface area contributed by atoms with E-state index in [0.717, 1.165) is 11.4 Å². The van der Waals surface area contributed by atoms with Gasteiger partial charge in [-0.1, -0.05) is 12.1 Å². The Morgan fingerprint density at radius 3 is 2.29 bits per heavy atom. The van der Waals surface area contributed by atoms with Crippen LogP contribution in [0.1, 0.15) is 0 Å². The van der Waals surface area contributed by atoms with Gasteiger partial charge in [0.1, 0.15) is 0 Å². The fraction of sp³-hybridized carbons (Fsp3) is 0.143. The van der Waals surface area contributed by atoms with Crippen molar-refractivity contribution in [2.75, 3.05) is 30.0 Å². The molecular weight excluding hydrogens is 288 g/mol. The van der Waals surface area contributed by atoms with Crippen molar-refractivity contribution in [3.05, 3.63) is 42.5 Å². The summed E-state index contributed by atoms with van der Waals surface area (Å²) in [7, 11) is 0.124. The Morgan fingerprint density at radius 1 is 1.05 bits per heavy atom. The van der Waals surface area contributed by atoms with E-state index in [0.29, 0.717) is 11.4 Å². The largest absolute Gasteiger partial charge is 0.397 e. The van der Waals surface area contributed by atoms with E-state index in [1.54, 1.807) is 6.07 Å². The Bertz CT molecular complexity index is 757. The van der Waals surface area contributed by atoms with Crippen molar-refractivity contribution < 1.29 is 8.42 Å². The van der Waals surface area contributed by atoms with Crippen LogP contribution in [0.25, 0.3) is 0 Å². The third-order valence-electron chi connectivity index (χ3n) is 3.01. The number of rotatable bonds is 4. The molecule has 0 aliphatic heterocycles. The van der Waals surface area contributed by atoms with E-state index < -0.39 is 10.0 Å². The average Bonchev–Trinajstić information content (AvgIpc) is 2.40. The average molecular weight is 306 g/mol. The van der Waals surface area contributed by atoms with Gasteiger partial charge in [-0.25, -0.2) is 13.6 Å². The van der Waals surface area contributed by atoms with Crippen LogP contribution in [-0.2, 0) is 10.0 Å². The monoisotopic (exact) mass is 306 g/mol. The molecule has 0 aliphatic rings. The van der Waals surface area contributed by atoms with E-state index in [2.05, 4.69) is 5.32 Å². The van der Waals surface area contributed by atoms with Crippen LogP contribution >= 0.6 is 0 Å². The van der Waals surface area contributed by atoms with Gasteiger partial charge in [-0.15, -0.1) is 0 Å². The minimum absolute atomic E-state index is 0.00792. The van der Waals surface area contributed by atoms with Gasteiger partial charge in [0.25, 0.3) is 0 Å². The van der Waals surface area contributed by atoms with Gasteiger partial charge in [-0.3, -0.25) is 0 Å². The second-order valence-corrected chi connectivity index (χ2v) is 6.39. The van der Waals surface area contributed by atoms with Crippen LogP contribution in [0, 0.1) is 0 Å². The third-order valence-corrected chi connectivity index (χ3v) is 3.92. The minimum atomic E-state index is -3.75. The second-order valence-electron chi connectivity index (χ2n) is 4.83. The van der Waals surface area contributed by atoms with Crippen LogP contribution in [0.2, 0.25) is 0 Å². The summed E-state index contributed by atoms with van der Waals surface area (Å²) in [5, 5.41) is 8.28. The first-order chi connectivity index (χ1) is 9.79. The molecule has 0 radical (unpaired) electrons. The Balaban J connectivity index is 2.37. The van der Waals surface area contributed by atoms with E-state index in [1.165, 1.54) is 12.1 Å². The van der Waals surface area contributed by atoms with Gasteiger partial charge in [0.2, 0.25) is 10.0 Å². The summed E-state index contributed by atoms with van der Waals surface area (Å²) in [6, 6.07) is 12.1. The van der Waals surface area contributed by atoms with Gasteiger partial charge < -0.3 is 16.0 Å². The van der Waals surface area contributed by atoms with Crippen molar-refractivity contribution in [3.8, 4) is 0 Å². The molecule has 0 unspecified atom stereocenters. The normalized spacial score (nSPS) is 11.2. The molecule has 2 aromatic carbocycles. The number of hydrogen-bond donors (Lipinski definition) is 3. The van der Waals surface area contributed by atoms with Crippen molar-refractivity contribution in [2.45, 2.75) is 4.90 Å². The van der Waals surface area contributed by atoms with Crippen molar-refractivity contribution in [3.63, 3.8) is 0 Å². The lowest BCUT2D eigenvalue weighted by molar-refractivity contribution is 0.598. The molecule has 6 nitrogen and oxygen atoms in total. The summed E-state index contributed by atoms with van der Waals surface area (Å²) in [6.45, 7) is 0. The summed E-state index contributed by atoms with van der Waals surface area (Å²) in [5.74, 6) is 0. The number of benzene rings is 2. The van der Waals surface area contributed by atoms with Crippen molar-refractivity contribution >= 4 is 32.8 Å². The van der Waals surface area contributed by atoms with Crippen LogP contribution in [0.15, 0.2) is 47.4 Å². The molecule has 0 aliphatic carbocycles. The lowest BCUT2D eigenvalue weighted by Crippen LogP contribution is -2.13. The highest BCUT2D eigenvalue weighted by Crippen LogP contribution is 2.30. The maximum Gasteiger partial charge on any atom is 0.238 e. The summed E-state index contributed by atoms with van der Waals surface area (Å²) in [5.41, 5.74) is 8.70. The van der Waals surface area contributed by atoms with Crippen molar-refractivity contribution in [1.29, 1.82) is 0 Å². The standard InChI is InChI=1S/C14H18N4O2S/c1-18(2)14-6-4-3-5-13(14)17-12-8-7-10(9-11(12)15)21(16,19)20/h3-9,17H,15H2,1-2H3,(H2,16,19,20). The molecule has 7 heteroatoms. The molecule has 112 valence electrons. The molecule has 21 heavy (non-hydrogen) atoms. The molecule has 0 saturated carbocycles. The first kappa shape index (κ1) is 15.1. The van der Waals surface area contributed by atoms with Crippen LogP contribution in [0.3, 0.4) is 0 Å². The Hall–Kier alpha value is -2.25. The van der Waals surface area contributed by atoms with Gasteiger partial charge in [-0.05, 0) is 30.3 Å². The number of primary sulfonamides is 1. The number of hydrogen-bond acceptors (Lipinski definition) is 5. The summed E-state index contributed by atoms with van der Waals surface area (Å²) in [6.07, 6.45) is 0. The maximum atomic E-state index is 11.3. The molecule has 0 amide bonds. The zero-order valence-electron chi connectivity index (χ0n) is 11.9. The van der Waals surface area contributed by atoms with Crippen LogP contribution < -0.4 is 21.1 Å². The highest BCUT2D eigenvalue weighted by atomic mass is 32.2. The van der Waals surface area contributed by atoms with Gasteiger partial charge in [-0.2, -0.15) is 0 Å². The van der Waals surface area contributed by atoms with E-state index in [4.69, 9.17) is 10.9 Å². The SMILES string of the molecule is CN(C)c1ccccc1Nc1ccc(S(N)(=O)=O)cc1N. The predicted octanol–water partition coefficient (Wildman–Crippen LogP) is 1.73. The number of nitrogen functional groups attached to an aromatic ring is 1. The van der Waals surface area contributed by atoms with Crippen LogP contribution in [0.4, 0.5) is 22.7 Å². The molecule has 2 rings (SSSR count). The first-order valence-electron chi connectivity index (χ1n) is 6.25. The highest BCUT2D eigenvalue weighted by Gasteiger charge is 2.11. The minimum Gasteiger partial charge on any atom is -0.397 e. The summed E-state index contributed by atoms with van der Waals surface area (Å²) in [4.78, 5) is 1.96. The van der Waals surface area contributed by atoms with E-state index in [-0.39, 0.29) is 4.90 Å². The van der Waals surface area contributed by atoms with Crippen molar-refractivity contribution in [1.82, 2.24) is 0 Å². The molecule has 0 spiro atoms. The molecule has 0 heterocycles. The van der Waals surface area contributed by atoms with Gasteiger partial charge in [0.15, 0.2) is 0 Å². The predicted molar refractivity (Wildman–Crippen MR) is 86.3 cm³/mol. The quantitative estimate of drug-likeness (QED) is 0.747. The lowest BCUT2D eigenvalue weighted by Gasteiger charge is -2.19. The lowest BCUT2D eigenvalue weighted by atomic mass is 10.2. The molecule has 5 N–H and O–H groups in total. The second kappa shape index (κ2) is 5.63. The Morgan fingerprint density at radius 2 is 1.71 bits per heavy atom. The van der Waals surface area contributed by atoms with E-state index in [1.807, 2.05) is 43.3 Å². The summed E-state index contributed by atoms with van der Waals surface area (Å²) >= 11 is 0. The van der Waals surface area contributed by atoms with Gasteiger partial charge in [0, 0.05) is 14.1 Å². The molecule has 0 saturated heterocycles. The van der Waals surface area contributed by atoms with Crippen LogP contribution in [0.5, 0.6) is 0 Å². The first-order valence-corrected chi connectivity index (χ1v) is 7.79. The Kier molecular flexibility index (Phi) is 4.06. The van der Waals surface area contributed by atoms with Gasteiger partial charge in [0.05, 0.1) is 27.6 Å². The number of sulfonamides is 1. The van der Waals surface area contributed by atoms with Crippen molar-refractivity contribution in [2.24, 2.45) is 5.14 Å². The molecule has 0 atom stereocenters. The molecule has 0 bridgehead atoms. The number of nitrogens with one attached hydrogen (secondary N) is 1. The number of nitrogens with zero attached hydrogens (tertiary/aromatic N) is 1. The molecule has 2 aromatic rings. The zero-order chi connectivity index (χ0) is 15.6. The third kappa shape index (κ3) is 3.45. The molecule has 0 aromatic heterocycles. The van der Waals surface area contributed by atoms with Gasteiger partial charge >= 0.3 is 0 Å². The zero-order valence-corrected chi connectivity index (χ0v) is 12.7. The fourth-order valence-corrected chi connectivity index (χ4v) is 2.49. The smallest absolute Gasteiger partial charge is 0.238 e. The van der Waals surface area contributed by atoms with E-state index in [9.17, 15) is 8.42 Å². The molecular formula is C14H18N4O2S. The fourth-order valence-electron chi connectivity index (χ4n) is 1.95.